The van der Waals surface area contributed by atoms with Crippen molar-refractivity contribution in [2.24, 2.45) is 0 Å². The van der Waals surface area contributed by atoms with E-state index in [1.54, 1.807) is 20.8 Å². The summed E-state index contributed by atoms with van der Waals surface area (Å²) in [4.78, 5) is 37.1. The van der Waals surface area contributed by atoms with Crippen molar-refractivity contribution in [1.29, 1.82) is 0 Å². The smallest absolute Gasteiger partial charge is 0.408 e. The molecule has 0 aromatic heterocycles. The summed E-state index contributed by atoms with van der Waals surface area (Å²) in [6.07, 6.45) is -0.741. The zero-order chi connectivity index (χ0) is 27.7. The number of hydrogen-bond acceptors (Lipinski definition) is 7. The van der Waals surface area contributed by atoms with Crippen LogP contribution in [0, 0.1) is 0 Å². The number of nitrogens with one attached hydrogen (secondary N) is 3. The van der Waals surface area contributed by atoms with E-state index in [-0.39, 0.29) is 30.9 Å². The molecule has 0 aliphatic heterocycles. The highest BCUT2D eigenvalue weighted by molar-refractivity contribution is 7.89. The molecule has 36 heavy (non-hydrogen) atoms. The van der Waals surface area contributed by atoms with Gasteiger partial charge < -0.3 is 25.6 Å². The van der Waals surface area contributed by atoms with Gasteiger partial charge in [-0.2, -0.15) is 0 Å². The zero-order valence-electron chi connectivity index (χ0n) is 21.8. The second-order valence-electron chi connectivity index (χ2n) is 10.7. The molecule has 1 unspecified atom stereocenters. The Hall–Kier alpha value is -2.64. The van der Waals surface area contributed by atoms with Gasteiger partial charge in [-0.05, 0) is 57.4 Å². The molecule has 0 aliphatic rings. The van der Waals surface area contributed by atoms with Gasteiger partial charge in [0.25, 0.3) is 0 Å². The Morgan fingerprint density at radius 2 is 1.64 bits per heavy atom. The topological polar surface area (TPSA) is 171 Å². The first kappa shape index (κ1) is 31.4. The standard InChI is InChI=1S/C23H39N3O8SSi/c1-23(2,3)34-22(31)26-19(16-9-11-17(27)12-10-16)20(28)25-18(21(29)30)8-7-13-24-35(32,33)14-15-36(4,5)6/h9-12,18-19,24,27H,7-8,13-15H2,1-6H3,(H,25,28)(H,26,31)(H,29,30)/t18-,19?/m1/s1. The average Bonchev–Trinajstić information content (AvgIpc) is 2.71. The van der Waals surface area contributed by atoms with Crippen LogP contribution in [0.3, 0.4) is 0 Å². The summed E-state index contributed by atoms with van der Waals surface area (Å²) in [5.41, 5.74) is -0.526. The van der Waals surface area contributed by atoms with E-state index in [2.05, 4.69) is 35.0 Å². The lowest BCUT2D eigenvalue weighted by molar-refractivity contribution is -0.142. The second kappa shape index (κ2) is 13.1. The van der Waals surface area contributed by atoms with Gasteiger partial charge in [0, 0.05) is 14.6 Å². The number of carbonyl (C=O) groups is 3. The maximum atomic E-state index is 13.0. The van der Waals surface area contributed by atoms with Crippen LogP contribution < -0.4 is 15.4 Å². The summed E-state index contributed by atoms with van der Waals surface area (Å²) in [6.45, 7) is 11.2. The number of aromatic hydroxyl groups is 1. The average molecular weight is 546 g/mol. The molecule has 0 fully saturated rings. The number of phenolic OH excluding ortho intramolecular Hbond substituents is 1. The molecule has 11 nitrogen and oxygen atoms in total. The number of hydrogen-bond donors (Lipinski definition) is 5. The molecule has 1 aromatic rings. The second-order valence-corrected chi connectivity index (χ2v) is 18.3. The predicted octanol–water partition coefficient (Wildman–Crippen LogP) is 2.57. The lowest BCUT2D eigenvalue weighted by Gasteiger charge is -2.25. The quantitative estimate of drug-likeness (QED) is 0.186. The van der Waals surface area contributed by atoms with Crippen molar-refractivity contribution in [2.45, 2.75) is 77.0 Å². The van der Waals surface area contributed by atoms with E-state index in [0.717, 1.165) is 0 Å². The van der Waals surface area contributed by atoms with Crippen LogP contribution >= 0.6 is 0 Å². The third-order valence-corrected chi connectivity index (χ3v) is 8.37. The van der Waals surface area contributed by atoms with E-state index in [1.807, 2.05) is 0 Å². The fourth-order valence-corrected chi connectivity index (χ4v) is 7.08. The van der Waals surface area contributed by atoms with Crippen molar-refractivity contribution in [1.82, 2.24) is 15.4 Å². The maximum absolute atomic E-state index is 13.0. The summed E-state index contributed by atoms with van der Waals surface area (Å²) in [5, 5.41) is 24.0. The van der Waals surface area contributed by atoms with Crippen LogP contribution in [-0.2, 0) is 24.3 Å². The molecule has 2 atom stereocenters. The normalized spacial score (nSPS) is 13.9. The lowest BCUT2D eigenvalue weighted by Crippen LogP contribution is -2.48. The van der Waals surface area contributed by atoms with E-state index < -0.39 is 53.8 Å². The molecule has 204 valence electrons. The fourth-order valence-electron chi connectivity index (χ4n) is 2.95. The molecule has 0 saturated carbocycles. The number of alkyl carbamates (subject to hydrolysis) is 1. The number of aliphatic carboxylic acids is 1. The van der Waals surface area contributed by atoms with Crippen molar-refractivity contribution in [2.75, 3.05) is 12.3 Å². The third-order valence-electron chi connectivity index (χ3n) is 4.88. The minimum absolute atomic E-state index is 0.0203. The van der Waals surface area contributed by atoms with E-state index in [4.69, 9.17) is 4.74 Å². The zero-order valence-corrected chi connectivity index (χ0v) is 23.6. The molecule has 0 aliphatic carbocycles. The van der Waals surface area contributed by atoms with Gasteiger partial charge in [0.15, 0.2) is 0 Å². The van der Waals surface area contributed by atoms with E-state index >= 15 is 0 Å². The Morgan fingerprint density at radius 1 is 1.06 bits per heavy atom. The fraction of sp³-hybridized carbons (Fsp3) is 0.609. The van der Waals surface area contributed by atoms with Gasteiger partial charge in [-0.3, -0.25) is 4.79 Å². The minimum atomic E-state index is -3.47. The summed E-state index contributed by atoms with van der Waals surface area (Å²) in [7, 11) is -5.00. The molecule has 1 aromatic carbocycles. The Bertz CT molecular complexity index is 1000. The molecule has 5 N–H and O–H groups in total. The van der Waals surface area contributed by atoms with E-state index in [9.17, 15) is 33.0 Å². The monoisotopic (exact) mass is 545 g/mol. The van der Waals surface area contributed by atoms with Gasteiger partial charge in [-0.15, -0.1) is 0 Å². The number of amides is 2. The third kappa shape index (κ3) is 12.9. The number of carboxylic acid groups (broad SMARTS) is 1. The Labute approximate surface area is 214 Å². The number of rotatable bonds is 13. The van der Waals surface area contributed by atoms with Gasteiger partial charge in [0.05, 0.1) is 5.75 Å². The summed E-state index contributed by atoms with van der Waals surface area (Å²) < 4.78 is 32.0. The van der Waals surface area contributed by atoms with Crippen molar-refractivity contribution in [3.63, 3.8) is 0 Å². The van der Waals surface area contributed by atoms with Crippen LogP contribution in [0.1, 0.15) is 45.2 Å². The van der Waals surface area contributed by atoms with Crippen LogP contribution in [0.15, 0.2) is 24.3 Å². The van der Waals surface area contributed by atoms with Crippen LogP contribution in [0.2, 0.25) is 25.7 Å². The molecule has 0 radical (unpaired) electrons. The summed E-state index contributed by atoms with van der Waals surface area (Å²) >= 11 is 0. The van der Waals surface area contributed by atoms with Gasteiger partial charge in [0.1, 0.15) is 23.4 Å². The van der Waals surface area contributed by atoms with Crippen LogP contribution in [0.4, 0.5) is 4.79 Å². The lowest BCUT2D eigenvalue weighted by atomic mass is 10.0. The molecule has 0 heterocycles. The maximum Gasteiger partial charge on any atom is 0.408 e. The Balaban J connectivity index is 2.84. The number of ether oxygens (including phenoxy) is 1. The van der Waals surface area contributed by atoms with Crippen LogP contribution in [-0.4, -0.2) is 68.6 Å². The molecule has 13 heteroatoms. The molecule has 2 amide bonds. The molecule has 0 spiro atoms. The van der Waals surface area contributed by atoms with E-state index in [0.29, 0.717) is 11.6 Å². The first-order valence-corrected chi connectivity index (χ1v) is 17.0. The first-order valence-electron chi connectivity index (χ1n) is 11.7. The first-order chi connectivity index (χ1) is 16.4. The van der Waals surface area contributed by atoms with Crippen molar-refractivity contribution < 1.29 is 37.8 Å². The van der Waals surface area contributed by atoms with E-state index in [1.165, 1.54) is 24.3 Å². The van der Waals surface area contributed by atoms with Crippen molar-refractivity contribution >= 4 is 36.1 Å². The number of phenols is 1. The van der Waals surface area contributed by atoms with Gasteiger partial charge >= 0.3 is 12.1 Å². The highest BCUT2D eigenvalue weighted by atomic mass is 32.2. The highest BCUT2D eigenvalue weighted by Crippen LogP contribution is 2.19. The molecular formula is C23H39N3O8SSi. The summed E-state index contributed by atoms with van der Waals surface area (Å²) in [5.74, 6) is -2.13. The predicted molar refractivity (Wildman–Crippen MR) is 139 cm³/mol. The van der Waals surface area contributed by atoms with Gasteiger partial charge in [0.2, 0.25) is 15.9 Å². The molecule has 0 bridgehead atoms. The van der Waals surface area contributed by atoms with Crippen molar-refractivity contribution in [3.8, 4) is 5.75 Å². The van der Waals surface area contributed by atoms with Crippen LogP contribution in [0.25, 0.3) is 0 Å². The number of benzene rings is 1. The Morgan fingerprint density at radius 3 is 2.14 bits per heavy atom. The number of sulfonamides is 1. The van der Waals surface area contributed by atoms with Gasteiger partial charge in [-0.1, -0.05) is 31.8 Å². The molecule has 0 saturated heterocycles. The molecule has 1 rings (SSSR count). The SMILES string of the molecule is CC(C)(C)OC(=O)NC(C(=O)N[C@H](CCCNS(=O)(=O)CC[Si](C)(C)C)C(=O)O)c1ccc(O)cc1. The largest absolute Gasteiger partial charge is 0.508 e. The highest BCUT2D eigenvalue weighted by Gasteiger charge is 2.29. The van der Waals surface area contributed by atoms with Crippen molar-refractivity contribution in [3.05, 3.63) is 29.8 Å². The minimum Gasteiger partial charge on any atom is -0.508 e. The van der Waals surface area contributed by atoms with Crippen LogP contribution in [0.5, 0.6) is 5.75 Å². The Kier molecular flexibility index (Phi) is 11.4. The van der Waals surface area contributed by atoms with Gasteiger partial charge in [-0.25, -0.2) is 22.7 Å². The number of carboxylic acids is 1. The summed E-state index contributed by atoms with van der Waals surface area (Å²) in [6, 6.07) is 3.50. The number of carbonyl (C=O) groups excluding carboxylic acids is 2. The molecular weight excluding hydrogens is 506 g/mol.